The van der Waals surface area contributed by atoms with Gasteiger partial charge in [0.1, 0.15) is 0 Å². The largest absolute Gasteiger partial charge is 0.381 e. The summed E-state index contributed by atoms with van der Waals surface area (Å²) in [5, 5.41) is 6.82. The van der Waals surface area contributed by atoms with Gasteiger partial charge in [-0.15, -0.1) is 0 Å². The maximum Gasteiger partial charge on any atom is 0.191 e. The molecule has 2 fully saturated rings. The third kappa shape index (κ3) is 7.49. The number of nitrogens with zero attached hydrogens (tertiary/aromatic N) is 2. The average molecular weight is 405 g/mol. The first-order chi connectivity index (χ1) is 14.4. The number of aliphatic imine (C=N–C) groups is 1. The minimum Gasteiger partial charge on any atom is -0.381 e. The summed E-state index contributed by atoms with van der Waals surface area (Å²) >= 11 is 0. The number of anilines is 1. The van der Waals surface area contributed by atoms with Gasteiger partial charge in [0.05, 0.1) is 13.2 Å². The molecule has 0 aliphatic carbocycles. The standard InChI is InChI=1S/C22H36N4O3/c1-23-22(24-9-4-12-29-18-19-7-13-27-14-8-19)25-17-20-5-2-3-6-21(20)26-10-15-28-16-11-26/h2-3,5-6,19H,4,7-18H2,1H3,(H2,23,24,25). The van der Waals surface area contributed by atoms with E-state index in [-0.39, 0.29) is 0 Å². The van der Waals surface area contributed by atoms with Crippen LogP contribution in [0, 0.1) is 5.92 Å². The van der Waals surface area contributed by atoms with Crippen molar-refractivity contribution in [1.29, 1.82) is 0 Å². The van der Waals surface area contributed by atoms with Gasteiger partial charge in [0, 0.05) is 65.3 Å². The van der Waals surface area contributed by atoms with E-state index >= 15 is 0 Å². The van der Waals surface area contributed by atoms with Gasteiger partial charge in [-0.2, -0.15) is 0 Å². The Bertz CT molecular complexity index is 614. The van der Waals surface area contributed by atoms with Crippen LogP contribution in [-0.2, 0) is 20.8 Å². The van der Waals surface area contributed by atoms with Crippen molar-refractivity contribution >= 4 is 11.6 Å². The van der Waals surface area contributed by atoms with Gasteiger partial charge in [-0.25, -0.2) is 0 Å². The molecule has 1 aromatic rings. The van der Waals surface area contributed by atoms with Crippen LogP contribution in [0.2, 0.25) is 0 Å². The number of hydrogen-bond acceptors (Lipinski definition) is 5. The summed E-state index contributed by atoms with van der Waals surface area (Å²) in [6.07, 6.45) is 3.22. The normalized spacial score (nSPS) is 18.7. The van der Waals surface area contributed by atoms with Crippen LogP contribution < -0.4 is 15.5 Å². The number of rotatable bonds is 9. The quantitative estimate of drug-likeness (QED) is 0.373. The molecule has 2 aliphatic rings. The highest BCUT2D eigenvalue weighted by Gasteiger charge is 2.15. The molecule has 0 bridgehead atoms. The van der Waals surface area contributed by atoms with E-state index in [2.05, 4.69) is 44.8 Å². The highest BCUT2D eigenvalue weighted by molar-refractivity contribution is 5.79. The van der Waals surface area contributed by atoms with E-state index in [9.17, 15) is 0 Å². The SMILES string of the molecule is CN=C(NCCCOCC1CCOCC1)NCc1ccccc1N1CCOCC1. The lowest BCUT2D eigenvalue weighted by molar-refractivity contribution is 0.0203. The molecule has 162 valence electrons. The van der Waals surface area contributed by atoms with E-state index in [0.29, 0.717) is 5.92 Å². The zero-order valence-electron chi connectivity index (χ0n) is 17.7. The highest BCUT2D eigenvalue weighted by Crippen LogP contribution is 2.21. The molecule has 2 aliphatic heterocycles. The van der Waals surface area contributed by atoms with E-state index in [1.165, 1.54) is 11.3 Å². The minimum absolute atomic E-state index is 0.665. The number of nitrogens with one attached hydrogen (secondary N) is 2. The second kappa shape index (κ2) is 12.7. The maximum absolute atomic E-state index is 5.83. The predicted molar refractivity (Wildman–Crippen MR) is 117 cm³/mol. The molecular formula is C22H36N4O3. The lowest BCUT2D eigenvalue weighted by Gasteiger charge is -2.30. The Balaban J connectivity index is 1.34. The molecule has 3 rings (SSSR count). The van der Waals surface area contributed by atoms with Gasteiger partial charge in [0.15, 0.2) is 5.96 Å². The van der Waals surface area contributed by atoms with E-state index in [4.69, 9.17) is 14.2 Å². The Morgan fingerprint density at radius 3 is 2.66 bits per heavy atom. The maximum atomic E-state index is 5.83. The fourth-order valence-electron chi connectivity index (χ4n) is 3.72. The minimum atomic E-state index is 0.665. The van der Waals surface area contributed by atoms with Gasteiger partial charge in [0.2, 0.25) is 0 Å². The lowest BCUT2D eigenvalue weighted by Crippen LogP contribution is -2.39. The molecule has 0 atom stereocenters. The fraction of sp³-hybridized carbons (Fsp3) is 0.682. The lowest BCUT2D eigenvalue weighted by atomic mass is 10.0. The van der Waals surface area contributed by atoms with Gasteiger partial charge in [-0.1, -0.05) is 18.2 Å². The molecule has 7 heteroatoms. The first-order valence-corrected chi connectivity index (χ1v) is 10.9. The first kappa shape index (κ1) is 21.9. The third-order valence-corrected chi connectivity index (χ3v) is 5.47. The number of hydrogen-bond donors (Lipinski definition) is 2. The molecule has 0 saturated carbocycles. The summed E-state index contributed by atoms with van der Waals surface area (Å²) in [5.74, 6) is 1.49. The second-order valence-corrected chi connectivity index (χ2v) is 7.56. The molecule has 1 aromatic carbocycles. The monoisotopic (exact) mass is 404 g/mol. The second-order valence-electron chi connectivity index (χ2n) is 7.56. The van der Waals surface area contributed by atoms with Crippen molar-refractivity contribution in [2.75, 3.05) is 71.2 Å². The first-order valence-electron chi connectivity index (χ1n) is 10.9. The van der Waals surface area contributed by atoms with Crippen molar-refractivity contribution in [3.63, 3.8) is 0 Å². The van der Waals surface area contributed by atoms with Crippen LogP contribution in [0.4, 0.5) is 5.69 Å². The predicted octanol–water partition coefficient (Wildman–Crippen LogP) is 2.02. The summed E-state index contributed by atoms with van der Waals surface area (Å²) < 4.78 is 16.7. The number of ether oxygens (including phenoxy) is 3. The van der Waals surface area contributed by atoms with Gasteiger partial charge in [-0.05, 0) is 36.8 Å². The number of benzene rings is 1. The van der Waals surface area contributed by atoms with Crippen molar-refractivity contribution in [2.24, 2.45) is 10.9 Å². The summed E-state index contributed by atoms with van der Waals surface area (Å²) in [5.41, 5.74) is 2.55. The summed E-state index contributed by atoms with van der Waals surface area (Å²) in [7, 11) is 1.81. The molecule has 0 spiro atoms. The highest BCUT2D eigenvalue weighted by atomic mass is 16.5. The van der Waals surface area contributed by atoms with E-state index in [0.717, 1.165) is 91.0 Å². The molecule has 0 aromatic heterocycles. The average Bonchev–Trinajstić information content (AvgIpc) is 2.79. The van der Waals surface area contributed by atoms with Gasteiger partial charge in [-0.3, -0.25) is 4.99 Å². The molecule has 0 unspecified atom stereocenters. The van der Waals surface area contributed by atoms with Gasteiger partial charge in [0.25, 0.3) is 0 Å². The van der Waals surface area contributed by atoms with E-state index in [1.807, 2.05) is 7.05 Å². The van der Waals surface area contributed by atoms with Crippen molar-refractivity contribution in [3.8, 4) is 0 Å². The smallest absolute Gasteiger partial charge is 0.191 e. The Morgan fingerprint density at radius 1 is 1.10 bits per heavy atom. The van der Waals surface area contributed by atoms with E-state index in [1.54, 1.807) is 0 Å². The van der Waals surface area contributed by atoms with Crippen LogP contribution in [0.1, 0.15) is 24.8 Å². The Morgan fingerprint density at radius 2 is 1.86 bits per heavy atom. The van der Waals surface area contributed by atoms with Crippen molar-refractivity contribution in [2.45, 2.75) is 25.8 Å². The van der Waals surface area contributed by atoms with Crippen LogP contribution in [0.25, 0.3) is 0 Å². The number of para-hydroxylation sites is 1. The summed E-state index contributed by atoms with van der Waals surface area (Å²) in [6, 6.07) is 8.55. The third-order valence-electron chi connectivity index (χ3n) is 5.47. The molecule has 7 nitrogen and oxygen atoms in total. The Kier molecular flexibility index (Phi) is 9.56. The molecule has 2 heterocycles. The molecular weight excluding hydrogens is 368 g/mol. The summed E-state index contributed by atoms with van der Waals surface area (Å²) in [4.78, 5) is 6.74. The Labute approximate surface area is 174 Å². The van der Waals surface area contributed by atoms with Crippen molar-refractivity contribution in [3.05, 3.63) is 29.8 Å². The fourth-order valence-corrected chi connectivity index (χ4v) is 3.72. The molecule has 0 radical (unpaired) electrons. The number of morpholine rings is 1. The molecule has 2 N–H and O–H groups in total. The zero-order valence-corrected chi connectivity index (χ0v) is 17.7. The van der Waals surface area contributed by atoms with Crippen LogP contribution in [0.5, 0.6) is 0 Å². The molecule has 2 saturated heterocycles. The topological polar surface area (TPSA) is 67.4 Å². The summed E-state index contributed by atoms with van der Waals surface area (Å²) in [6.45, 7) is 8.46. The van der Waals surface area contributed by atoms with Gasteiger partial charge < -0.3 is 29.7 Å². The van der Waals surface area contributed by atoms with Crippen LogP contribution in [0.3, 0.4) is 0 Å². The molecule has 29 heavy (non-hydrogen) atoms. The van der Waals surface area contributed by atoms with Crippen LogP contribution in [0.15, 0.2) is 29.3 Å². The van der Waals surface area contributed by atoms with E-state index < -0.39 is 0 Å². The molecule has 0 amide bonds. The Hall–Kier alpha value is -1.83. The van der Waals surface area contributed by atoms with Crippen molar-refractivity contribution < 1.29 is 14.2 Å². The van der Waals surface area contributed by atoms with Crippen LogP contribution >= 0.6 is 0 Å². The number of guanidine groups is 1. The van der Waals surface area contributed by atoms with Crippen LogP contribution in [-0.4, -0.2) is 72.3 Å². The van der Waals surface area contributed by atoms with Gasteiger partial charge >= 0.3 is 0 Å². The zero-order chi connectivity index (χ0) is 20.2. The van der Waals surface area contributed by atoms with Crippen molar-refractivity contribution in [1.82, 2.24) is 10.6 Å².